The molecule has 0 aromatic heterocycles. The fraction of sp³-hybridized carbons (Fsp3) is 0.200. The molecule has 2 N–H and O–H groups in total. The Hall–Kier alpha value is -2.07. The van der Waals surface area contributed by atoms with Gasteiger partial charge in [-0.05, 0) is 24.3 Å². The van der Waals surface area contributed by atoms with Gasteiger partial charge < -0.3 is 15.2 Å². The summed E-state index contributed by atoms with van der Waals surface area (Å²) in [6, 6.07) is 13.4. The van der Waals surface area contributed by atoms with E-state index in [1.54, 1.807) is 31.4 Å². The van der Waals surface area contributed by atoms with Crippen molar-refractivity contribution < 1.29 is 14.2 Å². The van der Waals surface area contributed by atoms with E-state index >= 15 is 0 Å². The summed E-state index contributed by atoms with van der Waals surface area (Å²) >= 11 is 0. The Balaban J connectivity index is 2.03. The number of nitrogens with one attached hydrogen (secondary N) is 1. The van der Waals surface area contributed by atoms with Gasteiger partial charge in [-0.2, -0.15) is 0 Å². The third kappa shape index (κ3) is 3.45. The minimum Gasteiger partial charge on any atom is -0.496 e. The van der Waals surface area contributed by atoms with E-state index in [1.165, 1.54) is 12.1 Å². The summed E-state index contributed by atoms with van der Waals surface area (Å²) in [5, 5.41) is 13.1. The van der Waals surface area contributed by atoms with Crippen LogP contribution in [0, 0.1) is 5.82 Å². The molecule has 0 bridgehead atoms. The fourth-order valence-electron chi connectivity index (χ4n) is 1.86. The minimum absolute atomic E-state index is 0.282. The monoisotopic (exact) mass is 261 g/mol. The zero-order valence-corrected chi connectivity index (χ0v) is 10.6. The molecule has 0 radical (unpaired) electrons. The van der Waals surface area contributed by atoms with Crippen molar-refractivity contribution in [1.29, 1.82) is 0 Å². The molecule has 1 unspecified atom stereocenters. The molecule has 19 heavy (non-hydrogen) atoms. The lowest BCUT2D eigenvalue weighted by Gasteiger charge is -2.16. The van der Waals surface area contributed by atoms with Crippen LogP contribution in [0.4, 0.5) is 10.1 Å². The molecule has 0 amide bonds. The Morgan fingerprint density at radius 2 is 2.00 bits per heavy atom. The number of benzene rings is 2. The molecular weight excluding hydrogens is 245 g/mol. The number of hydrogen-bond donors (Lipinski definition) is 2. The van der Waals surface area contributed by atoms with Crippen molar-refractivity contribution in [3.8, 4) is 5.75 Å². The summed E-state index contributed by atoms with van der Waals surface area (Å²) in [6.45, 7) is 0.282. The van der Waals surface area contributed by atoms with Crippen molar-refractivity contribution in [2.45, 2.75) is 6.10 Å². The van der Waals surface area contributed by atoms with E-state index < -0.39 is 6.10 Å². The van der Waals surface area contributed by atoms with Gasteiger partial charge in [0.2, 0.25) is 0 Å². The highest BCUT2D eigenvalue weighted by atomic mass is 19.1. The number of aliphatic hydroxyl groups excluding tert-OH is 1. The fourth-order valence-corrected chi connectivity index (χ4v) is 1.86. The highest BCUT2D eigenvalue weighted by Crippen LogP contribution is 2.24. The highest BCUT2D eigenvalue weighted by Gasteiger charge is 2.12. The Morgan fingerprint density at radius 3 is 2.74 bits per heavy atom. The summed E-state index contributed by atoms with van der Waals surface area (Å²) in [6.07, 6.45) is -0.723. The molecule has 0 aliphatic carbocycles. The van der Waals surface area contributed by atoms with Crippen molar-refractivity contribution in [3.05, 3.63) is 59.9 Å². The molecule has 0 spiro atoms. The first kappa shape index (κ1) is 13.4. The summed E-state index contributed by atoms with van der Waals surface area (Å²) in [7, 11) is 1.56. The predicted octanol–water partition coefficient (Wildman–Crippen LogP) is 2.98. The molecular formula is C15H16FNO2. The maximum Gasteiger partial charge on any atom is 0.125 e. The molecule has 0 aliphatic heterocycles. The van der Waals surface area contributed by atoms with Gasteiger partial charge in [0.1, 0.15) is 11.6 Å². The third-order valence-corrected chi connectivity index (χ3v) is 2.82. The van der Waals surface area contributed by atoms with Gasteiger partial charge in [0, 0.05) is 17.8 Å². The van der Waals surface area contributed by atoms with Crippen molar-refractivity contribution in [1.82, 2.24) is 0 Å². The van der Waals surface area contributed by atoms with E-state index in [0.717, 1.165) is 0 Å². The molecule has 0 fully saturated rings. The van der Waals surface area contributed by atoms with Crippen LogP contribution in [0.3, 0.4) is 0 Å². The maximum absolute atomic E-state index is 13.0. The molecule has 0 aliphatic rings. The topological polar surface area (TPSA) is 41.5 Å². The first-order valence-electron chi connectivity index (χ1n) is 6.01. The predicted molar refractivity (Wildman–Crippen MR) is 72.8 cm³/mol. The Kier molecular flexibility index (Phi) is 4.36. The first-order chi connectivity index (χ1) is 9.20. The van der Waals surface area contributed by atoms with Gasteiger partial charge in [0.25, 0.3) is 0 Å². The van der Waals surface area contributed by atoms with Crippen LogP contribution in [0.15, 0.2) is 48.5 Å². The second kappa shape index (κ2) is 6.20. The van der Waals surface area contributed by atoms with Crippen LogP contribution < -0.4 is 10.1 Å². The second-order valence-electron chi connectivity index (χ2n) is 4.15. The normalized spacial score (nSPS) is 11.9. The van der Waals surface area contributed by atoms with Gasteiger partial charge in [-0.1, -0.05) is 24.3 Å². The number of ether oxygens (including phenoxy) is 1. The molecule has 3 nitrogen and oxygen atoms in total. The second-order valence-corrected chi connectivity index (χ2v) is 4.15. The van der Waals surface area contributed by atoms with E-state index in [2.05, 4.69) is 5.32 Å². The van der Waals surface area contributed by atoms with Gasteiger partial charge in [-0.3, -0.25) is 0 Å². The largest absolute Gasteiger partial charge is 0.496 e. The van der Waals surface area contributed by atoms with Gasteiger partial charge in [-0.15, -0.1) is 0 Å². The Labute approximate surface area is 111 Å². The van der Waals surface area contributed by atoms with Crippen LogP contribution >= 0.6 is 0 Å². The lowest BCUT2D eigenvalue weighted by Crippen LogP contribution is -2.13. The number of hydrogen-bond acceptors (Lipinski definition) is 3. The van der Waals surface area contributed by atoms with Crippen molar-refractivity contribution >= 4 is 5.69 Å². The summed E-state index contributed by atoms with van der Waals surface area (Å²) in [5.74, 6) is 0.327. The molecule has 1 atom stereocenters. The first-order valence-corrected chi connectivity index (χ1v) is 6.01. The molecule has 0 saturated carbocycles. The van der Waals surface area contributed by atoms with Crippen LogP contribution in [0.5, 0.6) is 5.75 Å². The SMILES string of the molecule is COc1ccccc1C(O)CNc1cccc(F)c1. The van der Waals surface area contributed by atoms with Gasteiger partial charge in [0.15, 0.2) is 0 Å². The van der Waals surface area contributed by atoms with Crippen molar-refractivity contribution in [2.75, 3.05) is 19.0 Å². The zero-order valence-electron chi connectivity index (χ0n) is 10.6. The summed E-state index contributed by atoms with van der Waals surface area (Å²) < 4.78 is 18.2. The molecule has 0 saturated heterocycles. The number of rotatable bonds is 5. The van der Waals surface area contributed by atoms with Gasteiger partial charge in [-0.25, -0.2) is 4.39 Å². The molecule has 100 valence electrons. The van der Waals surface area contributed by atoms with Crippen LogP contribution in [-0.2, 0) is 0 Å². The number of anilines is 1. The smallest absolute Gasteiger partial charge is 0.125 e. The zero-order chi connectivity index (χ0) is 13.7. The van der Waals surface area contributed by atoms with Crippen molar-refractivity contribution in [2.24, 2.45) is 0 Å². The molecule has 4 heteroatoms. The van der Waals surface area contributed by atoms with Crippen LogP contribution in [0.1, 0.15) is 11.7 Å². The number of methoxy groups -OCH3 is 1. The van der Waals surface area contributed by atoms with E-state index in [9.17, 15) is 9.50 Å². The Morgan fingerprint density at radius 1 is 1.21 bits per heavy atom. The molecule has 2 rings (SSSR count). The van der Waals surface area contributed by atoms with Crippen molar-refractivity contribution in [3.63, 3.8) is 0 Å². The Bertz CT molecular complexity index is 545. The van der Waals surface area contributed by atoms with E-state index in [4.69, 9.17) is 4.74 Å². The van der Waals surface area contributed by atoms with Crippen LogP contribution in [-0.4, -0.2) is 18.8 Å². The minimum atomic E-state index is -0.723. The average molecular weight is 261 g/mol. The summed E-state index contributed by atoms with van der Waals surface area (Å²) in [4.78, 5) is 0. The lowest BCUT2D eigenvalue weighted by molar-refractivity contribution is 0.187. The average Bonchev–Trinajstić information content (AvgIpc) is 2.45. The van der Waals surface area contributed by atoms with Crippen LogP contribution in [0.25, 0.3) is 0 Å². The number of halogens is 1. The van der Waals surface area contributed by atoms with Gasteiger partial charge >= 0.3 is 0 Å². The van der Waals surface area contributed by atoms with Crippen LogP contribution in [0.2, 0.25) is 0 Å². The summed E-state index contributed by atoms with van der Waals surface area (Å²) in [5.41, 5.74) is 1.34. The number of aliphatic hydroxyl groups is 1. The quantitative estimate of drug-likeness (QED) is 0.869. The van der Waals surface area contributed by atoms with Gasteiger partial charge in [0.05, 0.1) is 13.2 Å². The third-order valence-electron chi connectivity index (χ3n) is 2.82. The standard InChI is InChI=1S/C15H16FNO2/c1-19-15-8-3-2-7-13(15)14(18)10-17-12-6-4-5-11(16)9-12/h2-9,14,17-18H,10H2,1H3. The number of para-hydroxylation sites is 1. The van der Waals surface area contributed by atoms with E-state index in [0.29, 0.717) is 17.0 Å². The van der Waals surface area contributed by atoms with E-state index in [-0.39, 0.29) is 12.4 Å². The highest BCUT2D eigenvalue weighted by molar-refractivity contribution is 5.44. The maximum atomic E-state index is 13.0. The molecule has 2 aromatic rings. The van der Waals surface area contributed by atoms with E-state index in [1.807, 2.05) is 12.1 Å². The molecule has 0 heterocycles. The lowest BCUT2D eigenvalue weighted by atomic mass is 10.1. The molecule has 2 aromatic carbocycles.